The zero-order valence-corrected chi connectivity index (χ0v) is 16.9. The van der Waals surface area contributed by atoms with E-state index in [1.807, 2.05) is 56.3 Å². The number of halogens is 1. The first-order valence-electron chi connectivity index (χ1n) is 9.28. The molecule has 0 bridgehead atoms. The Bertz CT molecular complexity index is 774. The molecule has 0 fully saturated rings. The van der Waals surface area contributed by atoms with Crippen molar-refractivity contribution in [3.63, 3.8) is 0 Å². The monoisotopic (exact) mass is 386 g/mol. The topological polar surface area (TPSA) is 49.4 Å². The fourth-order valence-electron chi connectivity index (χ4n) is 2.89. The summed E-state index contributed by atoms with van der Waals surface area (Å²) < 4.78 is 0. The van der Waals surface area contributed by atoms with E-state index in [9.17, 15) is 9.59 Å². The van der Waals surface area contributed by atoms with Gasteiger partial charge in [0.05, 0.1) is 0 Å². The molecule has 2 aromatic rings. The standard InChI is InChI=1S/C22H27ClN2O2/c1-4-24-22(27)17(3)25(15-19-6-5-7-20(23)14-19)21(26)13-12-18-10-8-16(2)9-11-18/h5-11,14,17H,4,12-13,15H2,1-3H3,(H,24,27)/t17-/m1/s1. The Balaban J connectivity index is 2.12. The molecule has 2 amide bonds. The Morgan fingerprint density at radius 3 is 2.44 bits per heavy atom. The van der Waals surface area contributed by atoms with Gasteiger partial charge in [0.25, 0.3) is 0 Å². The molecule has 0 aliphatic heterocycles. The molecule has 2 rings (SSSR count). The van der Waals surface area contributed by atoms with E-state index in [1.165, 1.54) is 5.56 Å². The number of likely N-dealkylation sites (N-methyl/N-ethyl adjacent to an activating group) is 1. The second-order valence-corrected chi connectivity index (χ2v) is 7.14. The lowest BCUT2D eigenvalue weighted by atomic mass is 10.1. The van der Waals surface area contributed by atoms with E-state index in [0.717, 1.165) is 11.1 Å². The van der Waals surface area contributed by atoms with Gasteiger partial charge in [-0.1, -0.05) is 53.6 Å². The minimum atomic E-state index is -0.547. The minimum absolute atomic E-state index is 0.0469. The van der Waals surface area contributed by atoms with Crippen LogP contribution >= 0.6 is 11.6 Å². The highest BCUT2D eigenvalue weighted by molar-refractivity contribution is 6.30. The molecule has 2 aromatic carbocycles. The number of carbonyl (C=O) groups excluding carboxylic acids is 2. The second-order valence-electron chi connectivity index (χ2n) is 6.71. The molecule has 1 N–H and O–H groups in total. The van der Waals surface area contributed by atoms with E-state index in [1.54, 1.807) is 17.9 Å². The predicted molar refractivity (Wildman–Crippen MR) is 110 cm³/mol. The molecule has 0 heterocycles. The summed E-state index contributed by atoms with van der Waals surface area (Å²) in [7, 11) is 0. The van der Waals surface area contributed by atoms with Gasteiger partial charge >= 0.3 is 0 Å². The van der Waals surface area contributed by atoms with Crippen molar-refractivity contribution in [1.82, 2.24) is 10.2 Å². The lowest BCUT2D eigenvalue weighted by Crippen LogP contribution is -2.47. The van der Waals surface area contributed by atoms with Crippen LogP contribution in [0.4, 0.5) is 0 Å². The lowest BCUT2D eigenvalue weighted by Gasteiger charge is -2.29. The summed E-state index contributed by atoms with van der Waals surface area (Å²) in [5, 5.41) is 3.41. The molecule has 0 unspecified atom stereocenters. The first-order valence-corrected chi connectivity index (χ1v) is 9.65. The minimum Gasteiger partial charge on any atom is -0.355 e. The van der Waals surface area contributed by atoms with E-state index in [0.29, 0.717) is 31.0 Å². The quantitative estimate of drug-likeness (QED) is 0.741. The van der Waals surface area contributed by atoms with Crippen LogP contribution in [0.25, 0.3) is 0 Å². The smallest absolute Gasteiger partial charge is 0.242 e. The molecule has 0 saturated carbocycles. The fourth-order valence-corrected chi connectivity index (χ4v) is 3.10. The van der Waals surface area contributed by atoms with Gasteiger partial charge < -0.3 is 10.2 Å². The van der Waals surface area contributed by atoms with Gasteiger partial charge in [-0.05, 0) is 50.5 Å². The van der Waals surface area contributed by atoms with Gasteiger partial charge in [0.2, 0.25) is 11.8 Å². The normalized spacial score (nSPS) is 11.7. The summed E-state index contributed by atoms with van der Waals surface area (Å²) in [4.78, 5) is 26.9. The van der Waals surface area contributed by atoms with Crippen molar-refractivity contribution in [3.05, 3.63) is 70.2 Å². The van der Waals surface area contributed by atoms with Crippen molar-refractivity contribution in [2.24, 2.45) is 0 Å². The summed E-state index contributed by atoms with van der Waals surface area (Å²) in [6.45, 7) is 6.55. The van der Waals surface area contributed by atoms with Gasteiger partial charge in [0.15, 0.2) is 0 Å². The summed E-state index contributed by atoms with van der Waals surface area (Å²) >= 11 is 6.07. The van der Waals surface area contributed by atoms with E-state index >= 15 is 0 Å². The third kappa shape index (κ3) is 6.40. The third-order valence-corrected chi connectivity index (χ3v) is 4.74. The molecule has 4 nitrogen and oxygen atoms in total. The molecular weight excluding hydrogens is 360 g/mol. The molecule has 144 valence electrons. The van der Waals surface area contributed by atoms with Gasteiger partial charge in [-0.3, -0.25) is 9.59 Å². The molecule has 0 spiro atoms. The van der Waals surface area contributed by atoms with E-state index < -0.39 is 6.04 Å². The summed E-state index contributed by atoms with van der Waals surface area (Å²) in [5.74, 6) is -0.197. The van der Waals surface area contributed by atoms with Crippen LogP contribution in [0.1, 0.15) is 37.0 Å². The zero-order chi connectivity index (χ0) is 19.8. The van der Waals surface area contributed by atoms with Crippen LogP contribution in [0, 0.1) is 6.92 Å². The number of nitrogens with zero attached hydrogens (tertiary/aromatic N) is 1. The average Bonchev–Trinajstić information content (AvgIpc) is 2.65. The molecule has 0 saturated heterocycles. The number of aryl methyl sites for hydroxylation is 2. The number of carbonyl (C=O) groups is 2. The third-order valence-electron chi connectivity index (χ3n) is 4.51. The maximum Gasteiger partial charge on any atom is 0.242 e. The van der Waals surface area contributed by atoms with Crippen molar-refractivity contribution in [2.75, 3.05) is 6.54 Å². The first-order chi connectivity index (χ1) is 12.9. The molecular formula is C22H27ClN2O2. The summed E-state index contributed by atoms with van der Waals surface area (Å²) in [6, 6.07) is 15.0. The number of hydrogen-bond donors (Lipinski definition) is 1. The van der Waals surface area contributed by atoms with Crippen molar-refractivity contribution in [2.45, 2.75) is 46.2 Å². The van der Waals surface area contributed by atoms with Crippen LogP contribution in [0.3, 0.4) is 0 Å². The number of hydrogen-bond acceptors (Lipinski definition) is 2. The summed E-state index contributed by atoms with van der Waals surface area (Å²) in [6.07, 6.45) is 1.00. The van der Waals surface area contributed by atoms with Crippen molar-refractivity contribution in [3.8, 4) is 0 Å². The number of nitrogens with one attached hydrogen (secondary N) is 1. The Kier molecular flexibility index (Phi) is 7.86. The summed E-state index contributed by atoms with van der Waals surface area (Å²) in [5.41, 5.74) is 3.21. The molecule has 0 aliphatic carbocycles. The fraction of sp³-hybridized carbons (Fsp3) is 0.364. The molecule has 0 aromatic heterocycles. The number of amides is 2. The number of benzene rings is 2. The van der Waals surface area contributed by atoms with Gasteiger partial charge in [-0.25, -0.2) is 0 Å². The van der Waals surface area contributed by atoms with Crippen LogP contribution in [0.2, 0.25) is 5.02 Å². The molecule has 1 atom stereocenters. The largest absolute Gasteiger partial charge is 0.355 e. The van der Waals surface area contributed by atoms with E-state index in [4.69, 9.17) is 11.6 Å². The van der Waals surface area contributed by atoms with E-state index in [-0.39, 0.29) is 11.8 Å². The highest BCUT2D eigenvalue weighted by atomic mass is 35.5. The van der Waals surface area contributed by atoms with Crippen LogP contribution in [0.5, 0.6) is 0 Å². The van der Waals surface area contributed by atoms with Crippen LogP contribution in [-0.4, -0.2) is 29.3 Å². The Labute approximate surface area is 166 Å². The van der Waals surface area contributed by atoms with Crippen LogP contribution in [0.15, 0.2) is 48.5 Å². The maximum atomic E-state index is 12.9. The average molecular weight is 387 g/mol. The Morgan fingerprint density at radius 1 is 1.11 bits per heavy atom. The van der Waals surface area contributed by atoms with Gasteiger partial charge in [0, 0.05) is 24.5 Å². The van der Waals surface area contributed by atoms with Gasteiger partial charge in [0.1, 0.15) is 6.04 Å². The maximum absolute atomic E-state index is 12.9. The lowest BCUT2D eigenvalue weighted by molar-refractivity contribution is -0.140. The molecule has 5 heteroatoms. The molecule has 0 aliphatic rings. The van der Waals surface area contributed by atoms with E-state index in [2.05, 4.69) is 5.32 Å². The van der Waals surface area contributed by atoms with Crippen molar-refractivity contribution >= 4 is 23.4 Å². The van der Waals surface area contributed by atoms with Crippen molar-refractivity contribution < 1.29 is 9.59 Å². The number of rotatable bonds is 8. The van der Waals surface area contributed by atoms with Gasteiger partial charge in [-0.15, -0.1) is 0 Å². The Hall–Kier alpha value is -2.33. The Morgan fingerprint density at radius 2 is 1.81 bits per heavy atom. The van der Waals surface area contributed by atoms with Crippen molar-refractivity contribution in [1.29, 1.82) is 0 Å². The second kappa shape index (κ2) is 10.1. The van der Waals surface area contributed by atoms with Gasteiger partial charge in [-0.2, -0.15) is 0 Å². The van der Waals surface area contributed by atoms with Crippen LogP contribution < -0.4 is 5.32 Å². The SMILES string of the molecule is CCNC(=O)[C@@H](C)N(Cc1cccc(Cl)c1)C(=O)CCc1ccc(C)cc1. The van der Waals surface area contributed by atoms with Crippen LogP contribution in [-0.2, 0) is 22.6 Å². The molecule has 27 heavy (non-hydrogen) atoms. The zero-order valence-electron chi connectivity index (χ0n) is 16.2. The molecule has 0 radical (unpaired) electrons. The highest BCUT2D eigenvalue weighted by Gasteiger charge is 2.25. The predicted octanol–water partition coefficient (Wildman–Crippen LogP) is 4.13. The first kappa shape index (κ1) is 21.0. The highest BCUT2D eigenvalue weighted by Crippen LogP contribution is 2.16.